The molecule has 3 heterocycles. The Morgan fingerprint density at radius 3 is 2.42 bits per heavy atom. The van der Waals surface area contributed by atoms with Crippen molar-refractivity contribution in [3.05, 3.63) is 124 Å². The molecule has 8 heteroatoms. The minimum absolute atomic E-state index is 0.0369. The Hall–Kier alpha value is -4.56. The van der Waals surface area contributed by atoms with E-state index in [9.17, 15) is 23.9 Å². The third-order valence-electron chi connectivity index (χ3n) is 6.65. The van der Waals surface area contributed by atoms with Crippen molar-refractivity contribution < 1.29 is 28.6 Å². The highest BCUT2D eigenvalue weighted by Gasteiger charge is 2.56. The number of hydrogen-bond donors (Lipinski definition) is 2. The number of nitrogens with zero attached hydrogens (tertiary/aromatic N) is 1. The molecule has 3 aromatic rings. The second-order valence-electron chi connectivity index (χ2n) is 8.64. The average molecular weight is 482 g/mol. The summed E-state index contributed by atoms with van der Waals surface area (Å²) < 4.78 is 19.1. The number of aliphatic hydroxyl groups is 1. The molecule has 0 bridgehead atoms. The molecule has 36 heavy (non-hydrogen) atoms. The minimum Gasteiger partial charge on any atom is -0.422 e. The first-order valence-corrected chi connectivity index (χ1v) is 11.4. The van der Waals surface area contributed by atoms with E-state index in [4.69, 9.17) is 4.74 Å². The highest BCUT2D eigenvalue weighted by atomic mass is 19.1. The van der Waals surface area contributed by atoms with Crippen molar-refractivity contribution in [2.75, 3.05) is 13.1 Å². The molecule has 6 rings (SSSR count). The first kappa shape index (κ1) is 21.9. The third kappa shape index (κ3) is 3.04. The molecule has 2 N–H and O–H groups in total. The Morgan fingerprint density at radius 2 is 1.67 bits per heavy atom. The SMILES string of the molecule is O=C1Oc2ccccc2C(=O)C1=C1C(C(=O)c2ccc(F)cc2)=C2NCCN2C1(O)c1ccccc1. The third-order valence-corrected chi connectivity index (χ3v) is 6.65. The summed E-state index contributed by atoms with van der Waals surface area (Å²) in [6.07, 6.45) is 0. The van der Waals surface area contributed by atoms with Crippen LogP contribution in [0.5, 0.6) is 5.75 Å². The molecule has 0 radical (unpaired) electrons. The fraction of sp³-hybridized carbons (Fsp3) is 0.107. The number of benzene rings is 3. The number of fused-ring (bicyclic) bond motifs is 2. The molecule has 7 nitrogen and oxygen atoms in total. The maximum atomic E-state index is 13.9. The predicted octanol–water partition coefficient (Wildman–Crippen LogP) is 3.08. The van der Waals surface area contributed by atoms with Gasteiger partial charge in [-0.05, 0) is 36.4 Å². The normalized spacial score (nSPS) is 22.8. The van der Waals surface area contributed by atoms with Crippen LogP contribution in [0.4, 0.5) is 4.39 Å². The summed E-state index contributed by atoms with van der Waals surface area (Å²) >= 11 is 0. The lowest BCUT2D eigenvalue weighted by molar-refractivity contribution is -0.130. The van der Waals surface area contributed by atoms with Crippen LogP contribution >= 0.6 is 0 Å². The van der Waals surface area contributed by atoms with Crippen LogP contribution in [0.3, 0.4) is 0 Å². The van der Waals surface area contributed by atoms with E-state index < -0.39 is 34.7 Å². The van der Waals surface area contributed by atoms with Crippen molar-refractivity contribution >= 4 is 17.5 Å². The van der Waals surface area contributed by atoms with Crippen LogP contribution in [0.1, 0.15) is 26.3 Å². The number of carbonyl (C=O) groups excluding carboxylic acids is 3. The largest absolute Gasteiger partial charge is 0.422 e. The van der Waals surface area contributed by atoms with Crippen LogP contribution in [0.25, 0.3) is 0 Å². The molecule has 3 aromatic carbocycles. The molecule has 0 aliphatic carbocycles. The van der Waals surface area contributed by atoms with Crippen molar-refractivity contribution in [2.45, 2.75) is 5.72 Å². The van der Waals surface area contributed by atoms with Crippen molar-refractivity contribution in [1.82, 2.24) is 10.2 Å². The molecule has 1 fully saturated rings. The van der Waals surface area contributed by atoms with E-state index in [1.54, 1.807) is 47.4 Å². The smallest absolute Gasteiger partial charge is 0.348 e. The molecular weight excluding hydrogens is 463 g/mol. The number of esters is 1. The first-order valence-electron chi connectivity index (χ1n) is 11.4. The maximum Gasteiger partial charge on any atom is 0.348 e. The fourth-order valence-corrected chi connectivity index (χ4v) is 5.04. The lowest BCUT2D eigenvalue weighted by Crippen LogP contribution is -2.44. The second-order valence-corrected chi connectivity index (χ2v) is 8.64. The molecule has 1 atom stereocenters. The van der Waals surface area contributed by atoms with Gasteiger partial charge in [-0.3, -0.25) is 9.59 Å². The lowest BCUT2D eigenvalue weighted by Gasteiger charge is -2.36. The summed E-state index contributed by atoms with van der Waals surface area (Å²) in [4.78, 5) is 42.5. The van der Waals surface area contributed by atoms with Gasteiger partial charge in [0.15, 0.2) is 11.5 Å². The quantitative estimate of drug-likeness (QED) is 0.195. The molecule has 178 valence electrons. The molecule has 3 aliphatic heterocycles. The van der Waals surface area contributed by atoms with E-state index in [-0.39, 0.29) is 33.8 Å². The highest BCUT2D eigenvalue weighted by molar-refractivity contribution is 6.30. The van der Waals surface area contributed by atoms with E-state index in [0.717, 1.165) is 12.1 Å². The van der Waals surface area contributed by atoms with E-state index in [1.165, 1.54) is 24.3 Å². The van der Waals surface area contributed by atoms with E-state index in [0.29, 0.717) is 18.7 Å². The Morgan fingerprint density at radius 1 is 0.972 bits per heavy atom. The summed E-state index contributed by atoms with van der Waals surface area (Å²) in [6.45, 7) is 0.728. The molecule has 1 saturated heterocycles. The van der Waals surface area contributed by atoms with Crippen LogP contribution in [0.15, 0.2) is 101 Å². The summed E-state index contributed by atoms with van der Waals surface area (Å²) in [5.74, 6) is -2.31. The van der Waals surface area contributed by atoms with Gasteiger partial charge in [-0.15, -0.1) is 0 Å². The van der Waals surface area contributed by atoms with Crippen LogP contribution < -0.4 is 10.1 Å². The van der Waals surface area contributed by atoms with Gasteiger partial charge in [0.2, 0.25) is 5.78 Å². The van der Waals surface area contributed by atoms with Crippen molar-refractivity contribution in [2.24, 2.45) is 0 Å². The van der Waals surface area contributed by atoms with Gasteiger partial charge in [-0.1, -0.05) is 42.5 Å². The lowest BCUT2D eigenvalue weighted by atomic mass is 9.82. The fourth-order valence-electron chi connectivity index (χ4n) is 5.04. The van der Waals surface area contributed by atoms with Crippen LogP contribution in [0.2, 0.25) is 0 Å². The first-order chi connectivity index (χ1) is 17.4. The monoisotopic (exact) mass is 482 g/mol. The van der Waals surface area contributed by atoms with Gasteiger partial charge in [0.25, 0.3) is 0 Å². The number of ketones is 2. The predicted molar refractivity (Wildman–Crippen MR) is 126 cm³/mol. The molecule has 1 unspecified atom stereocenters. The number of hydrogen-bond acceptors (Lipinski definition) is 7. The minimum atomic E-state index is -2.01. The standard InChI is InChI=1S/C28H19FN2O5/c29-18-12-10-16(11-13-18)24(32)21-23(22-25(33)19-8-4-5-9-20(19)36-27(22)34)28(35,17-6-2-1-3-7-17)31-15-14-30-26(21)31/h1-13,30,35H,14-15H2. The van der Waals surface area contributed by atoms with Gasteiger partial charge in [-0.25, -0.2) is 9.18 Å². The zero-order valence-corrected chi connectivity index (χ0v) is 18.8. The molecule has 3 aliphatic rings. The zero-order chi connectivity index (χ0) is 25.0. The summed E-state index contributed by atoms with van der Waals surface area (Å²) in [5.41, 5.74) is -1.97. The summed E-state index contributed by atoms with van der Waals surface area (Å²) in [5, 5.41) is 15.5. The van der Waals surface area contributed by atoms with Gasteiger partial charge in [0.05, 0.1) is 11.1 Å². The van der Waals surface area contributed by atoms with E-state index in [1.807, 2.05) is 0 Å². The number of ether oxygens (including phenoxy) is 1. The molecular formula is C28H19FN2O5. The van der Waals surface area contributed by atoms with Crippen molar-refractivity contribution in [3.8, 4) is 5.75 Å². The molecule has 0 saturated carbocycles. The number of nitrogens with one attached hydrogen (secondary N) is 1. The number of carbonyl (C=O) groups is 3. The van der Waals surface area contributed by atoms with Gasteiger partial charge in [0.1, 0.15) is 23.0 Å². The van der Waals surface area contributed by atoms with Crippen molar-refractivity contribution in [3.63, 3.8) is 0 Å². The Labute approximate surface area is 205 Å². The van der Waals surface area contributed by atoms with Crippen LogP contribution in [-0.2, 0) is 10.5 Å². The summed E-state index contributed by atoms with van der Waals surface area (Å²) in [6, 6.07) is 19.8. The number of para-hydroxylation sites is 1. The Kier molecular flexibility index (Phi) is 4.87. The molecule has 0 amide bonds. The average Bonchev–Trinajstić information content (AvgIpc) is 3.46. The highest BCUT2D eigenvalue weighted by Crippen LogP contribution is 2.50. The van der Waals surface area contributed by atoms with Gasteiger partial charge < -0.3 is 20.1 Å². The maximum absolute atomic E-state index is 13.9. The Bertz CT molecular complexity index is 1510. The number of halogens is 1. The summed E-state index contributed by atoms with van der Waals surface area (Å²) in [7, 11) is 0. The van der Waals surface area contributed by atoms with Gasteiger partial charge in [-0.2, -0.15) is 0 Å². The van der Waals surface area contributed by atoms with Crippen LogP contribution in [0, 0.1) is 5.82 Å². The number of rotatable bonds is 3. The zero-order valence-electron chi connectivity index (χ0n) is 18.8. The van der Waals surface area contributed by atoms with Gasteiger partial charge >= 0.3 is 5.97 Å². The van der Waals surface area contributed by atoms with E-state index in [2.05, 4.69) is 5.32 Å². The van der Waals surface area contributed by atoms with Crippen molar-refractivity contribution in [1.29, 1.82) is 0 Å². The second kappa shape index (κ2) is 8.00. The van der Waals surface area contributed by atoms with E-state index >= 15 is 0 Å². The topological polar surface area (TPSA) is 95.9 Å². The van der Waals surface area contributed by atoms with Gasteiger partial charge in [0, 0.05) is 29.8 Å². The van der Waals surface area contributed by atoms with Crippen LogP contribution in [-0.4, -0.2) is 40.6 Å². The molecule has 0 spiro atoms. The molecule has 0 aromatic heterocycles. The Balaban J connectivity index is 1.66. The number of Topliss-reactive ketones (excluding diaryl/α,β-unsaturated/α-hetero) is 2.